The van der Waals surface area contributed by atoms with E-state index in [0.717, 1.165) is 6.07 Å². The molecule has 0 bridgehead atoms. The Labute approximate surface area is 78.9 Å². The number of phenolic OH excluding ortho intramolecular Hbond substituents is 1. The van der Waals surface area contributed by atoms with Crippen molar-refractivity contribution < 1.29 is 18.1 Å². The Balaban J connectivity index is 2.93. The number of phenols is 1. The van der Waals surface area contributed by atoms with Crippen molar-refractivity contribution in [2.45, 2.75) is 4.90 Å². The van der Waals surface area contributed by atoms with Crippen LogP contribution in [0.2, 0.25) is 0 Å². The molecule has 0 aliphatic rings. The van der Waals surface area contributed by atoms with Crippen molar-refractivity contribution in [2.24, 2.45) is 0 Å². The minimum absolute atomic E-state index is 0.120. The Kier molecular flexibility index (Phi) is 1.73. The fourth-order valence-corrected chi connectivity index (χ4v) is 1.89. The standard InChI is InChI=1S/C7H6N2O4S/c10-5-1-2-6(14(11,12)13)4-3-8-9-7(4)5/h1-3,10H,(H,8,9)(H,11,12,13). The van der Waals surface area contributed by atoms with Crippen LogP contribution in [0.15, 0.2) is 23.2 Å². The van der Waals surface area contributed by atoms with Crippen molar-refractivity contribution in [3.63, 3.8) is 0 Å². The molecule has 0 unspecified atom stereocenters. The molecule has 2 rings (SSSR count). The van der Waals surface area contributed by atoms with Crippen LogP contribution in [0.5, 0.6) is 5.75 Å². The summed E-state index contributed by atoms with van der Waals surface area (Å²) in [6.45, 7) is 0. The molecule has 1 aromatic carbocycles. The van der Waals surface area contributed by atoms with Gasteiger partial charge in [-0.1, -0.05) is 0 Å². The van der Waals surface area contributed by atoms with Gasteiger partial charge in [0.2, 0.25) is 0 Å². The van der Waals surface area contributed by atoms with Gasteiger partial charge in [-0.05, 0) is 12.1 Å². The molecule has 14 heavy (non-hydrogen) atoms. The minimum Gasteiger partial charge on any atom is -0.506 e. The first-order valence-corrected chi connectivity index (χ1v) is 5.06. The van der Waals surface area contributed by atoms with Gasteiger partial charge in [-0.15, -0.1) is 0 Å². The van der Waals surface area contributed by atoms with Crippen molar-refractivity contribution in [2.75, 3.05) is 0 Å². The molecule has 1 heterocycles. The van der Waals surface area contributed by atoms with Crippen LogP contribution in [0.3, 0.4) is 0 Å². The number of fused-ring (bicyclic) bond motifs is 1. The van der Waals surface area contributed by atoms with E-state index in [1.165, 1.54) is 12.3 Å². The molecular formula is C7H6N2O4S. The van der Waals surface area contributed by atoms with Gasteiger partial charge < -0.3 is 5.11 Å². The number of aromatic hydroxyl groups is 1. The maximum absolute atomic E-state index is 10.9. The fourth-order valence-electron chi connectivity index (χ4n) is 1.22. The normalized spacial score (nSPS) is 12.1. The second-order valence-electron chi connectivity index (χ2n) is 2.72. The number of aromatic amines is 1. The Hall–Kier alpha value is -1.60. The average molecular weight is 214 g/mol. The van der Waals surface area contributed by atoms with Crippen molar-refractivity contribution in [3.8, 4) is 5.75 Å². The molecule has 0 saturated carbocycles. The SMILES string of the molecule is O=S(=O)(O)c1ccc(O)c2[nH]ncc12. The summed E-state index contributed by atoms with van der Waals surface area (Å²) in [7, 11) is -4.29. The molecule has 0 spiro atoms. The minimum atomic E-state index is -4.29. The highest BCUT2D eigenvalue weighted by Gasteiger charge is 2.16. The van der Waals surface area contributed by atoms with Crippen LogP contribution < -0.4 is 0 Å². The van der Waals surface area contributed by atoms with E-state index in [9.17, 15) is 13.5 Å². The molecule has 1 aromatic heterocycles. The molecule has 0 aliphatic heterocycles. The summed E-state index contributed by atoms with van der Waals surface area (Å²) in [5.41, 5.74) is 0.181. The van der Waals surface area contributed by atoms with Crippen molar-refractivity contribution in [1.82, 2.24) is 10.2 Å². The van der Waals surface area contributed by atoms with Crippen molar-refractivity contribution >= 4 is 21.0 Å². The lowest BCUT2D eigenvalue weighted by Crippen LogP contribution is -1.98. The zero-order chi connectivity index (χ0) is 10.3. The molecule has 0 amide bonds. The van der Waals surface area contributed by atoms with Gasteiger partial charge in [-0.25, -0.2) is 0 Å². The molecule has 74 valence electrons. The van der Waals surface area contributed by atoms with Gasteiger partial charge in [0, 0.05) is 5.39 Å². The summed E-state index contributed by atoms with van der Waals surface area (Å²) >= 11 is 0. The first-order valence-electron chi connectivity index (χ1n) is 3.62. The van der Waals surface area contributed by atoms with Crippen LogP contribution in [-0.4, -0.2) is 28.3 Å². The maximum Gasteiger partial charge on any atom is 0.295 e. The summed E-state index contributed by atoms with van der Waals surface area (Å²) in [6, 6.07) is 2.28. The molecule has 3 N–H and O–H groups in total. The lowest BCUT2D eigenvalue weighted by molar-refractivity contribution is 0.478. The number of nitrogens with one attached hydrogen (secondary N) is 1. The summed E-state index contributed by atoms with van der Waals surface area (Å²) in [6.07, 6.45) is 1.22. The second kappa shape index (κ2) is 2.69. The van der Waals surface area contributed by atoms with E-state index in [4.69, 9.17) is 4.55 Å². The number of hydrogen-bond donors (Lipinski definition) is 3. The number of rotatable bonds is 1. The maximum atomic E-state index is 10.9. The van der Waals surface area contributed by atoms with Crippen molar-refractivity contribution in [1.29, 1.82) is 0 Å². The number of nitrogens with zero attached hydrogens (tertiary/aromatic N) is 1. The molecule has 2 aromatic rings. The molecule has 0 saturated heterocycles. The lowest BCUT2D eigenvalue weighted by Gasteiger charge is -1.99. The predicted octanol–water partition coefficient (Wildman–Crippen LogP) is 0.515. The summed E-state index contributed by atoms with van der Waals surface area (Å²) in [5.74, 6) is -0.120. The first-order chi connectivity index (χ1) is 6.50. The Morgan fingerprint density at radius 1 is 1.36 bits per heavy atom. The summed E-state index contributed by atoms with van der Waals surface area (Å²) in [4.78, 5) is -0.279. The quantitative estimate of drug-likeness (QED) is 0.600. The van der Waals surface area contributed by atoms with Crippen LogP contribution in [-0.2, 0) is 10.1 Å². The van der Waals surface area contributed by atoms with Gasteiger partial charge in [0.1, 0.15) is 16.2 Å². The largest absolute Gasteiger partial charge is 0.506 e. The molecule has 0 aliphatic carbocycles. The number of aromatic nitrogens is 2. The molecule has 0 atom stereocenters. The van der Waals surface area contributed by atoms with Gasteiger partial charge in [0.05, 0.1) is 6.20 Å². The van der Waals surface area contributed by atoms with E-state index < -0.39 is 10.1 Å². The van der Waals surface area contributed by atoms with Crippen molar-refractivity contribution in [3.05, 3.63) is 18.3 Å². The Morgan fingerprint density at radius 3 is 2.71 bits per heavy atom. The molecule has 7 heteroatoms. The van der Waals surface area contributed by atoms with Crippen LogP contribution in [0, 0.1) is 0 Å². The van der Waals surface area contributed by atoms with Crippen LogP contribution in [0.25, 0.3) is 10.9 Å². The van der Waals surface area contributed by atoms with Crippen LogP contribution in [0.1, 0.15) is 0 Å². The van der Waals surface area contributed by atoms with Gasteiger partial charge in [-0.3, -0.25) is 9.65 Å². The van der Waals surface area contributed by atoms with E-state index in [2.05, 4.69) is 10.2 Å². The van der Waals surface area contributed by atoms with E-state index >= 15 is 0 Å². The number of hydrogen-bond acceptors (Lipinski definition) is 4. The van der Waals surface area contributed by atoms with Gasteiger partial charge >= 0.3 is 0 Å². The third kappa shape index (κ3) is 1.22. The van der Waals surface area contributed by atoms with E-state index in [0.29, 0.717) is 0 Å². The lowest BCUT2D eigenvalue weighted by atomic mass is 10.2. The predicted molar refractivity (Wildman–Crippen MR) is 47.6 cm³/mol. The third-order valence-corrected chi connectivity index (χ3v) is 2.74. The highest BCUT2D eigenvalue weighted by molar-refractivity contribution is 7.86. The van der Waals surface area contributed by atoms with E-state index in [-0.39, 0.29) is 21.5 Å². The van der Waals surface area contributed by atoms with E-state index in [1.54, 1.807) is 0 Å². The monoisotopic (exact) mass is 214 g/mol. The molecule has 0 radical (unpaired) electrons. The highest BCUT2D eigenvalue weighted by atomic mass is 32.2. The average Bonchev–Trinajstić information content (AvgIpc) is 2.50. The summed E-state index contributed by atoms with van der Waals surface area (Å²) < 4.78 is 30.6. The molecule has 0 fully saturated rings. The zero-order valence-electron chi connectivity index (χ0n) is 6.80. The zero-order valence-corrected chi connectivity index (χ0v) is 7.61. The van der Waals surface area contributed by atoms with Crippen LogP contribution >= 0.6 is 0 Å². The third-order valence-electron chi connectivity index (χ3n) is 1.83. The first kappa shape index (κ1) is 8.97. The topological polar surface area (TPSA) is 103 Å². The second-order valence-corrected chi connectivity index (χ2v) is 4.11. The molecule has 6 nitrogen and oxygen atoms in total. The number of benzene rings is 1. The highest BCUT2D eigenvalue weighted by Crippen LogP contribution is 2.27. The molecular weight excluding hydrogens is 208 g/mol. The summed E-state index contributed by atoms with van der Waals surface area (Å²) in [5, 5.41) is 15.5. The van der Waals surface area contributed by atoms with Gasteiger partial charge in [0.15, 0.2) is 0 Å². The number of H-pyrrole nitrogens is 1. The van der Waals surface area contributed by atoms with E-state index in [1.807, 2.05) is 0 Å². The smallest absolute Gasteiger partial charge is 0.295 e. The Morgan fingerprint density at radius 2 is 2.07 bits per heavy atom. The van der Waals surface area contributed by atoms with Crippen LogP contribution in [0.4, 0.5) is 0 Å². The van der Waals surface area contributed by atoms with Gasteiger partial charge in [0.25, 0.3) is 10.1 Å². The fraction of sp³-hybridized carbons (Fsp3) is 0. The Bertz CT molecular complexity index is 587. The van der Waals surface area contributed by atoms with Gasteiger partial charge in [-0.2, -0.15) is 13.5 Å².